The average Bonchev–Trinajstić information content (AvgIpc) is 2.93. The molecule has 0 saturated carbocycles. The number of rotatable bonds is 2. The highest BCUT2D eigenvalue weighted by Gasteiger charge is 2.22. The van der Waals surface area contributed by atoms with Gasteiger partial charge < -0.3 is 10.3 Å². The number of aryl methyl sites for hydroxylation is 2. The summed E-state index contributed by atoms with van der Waals surface area (Å²) < 4.78 is 5.44. The maximum absolute atomic E-state index is 6.14. The zero-order chi connectivity index (χ0) is 14.1. The fraction of sp³-hybridized carbons (Fsp3) is 0.467. The summed E-state index contributed by atoms with van der Waals surface area (Å²) in [5.41, 5.74) is 9.91. The molecule has 1 saturated heterocycles. The minimum atomic E-state index is 0.369. The van der Waals surface area contributed by atoms with Crippen LogP contribution >= 0.6 is 11.8 Å². The van der Waals surface area contributed by atoms with Crippen molar-refractivity contribution in [1.29, 1.82) is 0 Å². The smallest absolute Gasteiger partial charge is 0.260 e. The molecular weight excluding hydrogens is 270 g/mol. The second kappa shape index (κ2) is 5.48. The Labute approximate surface area is 123 Å². The predicted molar refractivity (Wildman–Crippen MR) is 82.7 cm³/mol. The number of nitrogens with two attached hydrogens (primary N) is 1. The van der Waals surface area contributed by atoms with Crippen LogP contribution in [0.5, 0.6) is 0 Å². The molecule has 0 bridgehead atoms. The van der Waals surface area contributed by atoms with Crippen LogP contribution in [0.4, 0.5) is 5.69 Å². The Balaban J connectivity index is 1.93. The summed E-state index contributed by atoms with van der Waals surface area (Å²) in [5.74, 6) is 2.53. The topological polar surface area (TPSA) is 64.9 Å². The number of anilines is 1. The highest BCUT2D eigenvalue weighted by atomic mass is 32.2. The van der Waals surface area contributed by atoms with Crippen LogP contribution in [0.3, 0.4) is 0 Å². The molecule has 2 heterocycles. The first-order chi connectivity index (χ1) is 9.65. The molecule has 5 heteroatoms. The quantitative estimate of drug-likeness (QED) is 0.849. The molecule has 0 spiro atoms. The number of thioether (sulfide) groups is 1. The van der Waals surface area contributed by atoms with E-state index in [1.807, 2.05) is 31.7 Å². The molecule has 3 rings (SSSR count). The largest absolute Gasteiger partial charge is 0.398 e. The van der Waals surface area contributed by atoms with Gasteiger partial charge in [0.2, 0.25) is 0 Å². The number of nitrogen functional groups attached to an aromatic ring is 1. The molecule has 4 nitrogen and oxygen atoms in total. The predicted octanol–water partition coefficient (Wildman–Crippen LogP) is 3.89. The van der Waals surface area contributed by atoms with Crippen molar-refractivity contribution in [3.63, 3.8) is 0 Å². The summed E-state index contributed by atoms with van der Waals surface area (Å²) in [4.78, 5) is 4.57. The molecular formula is C15H19N3OS. The van der Waals surface area contributed by atoms with Crippen LogP contribution in [0.1, 0.15) is 41.5 Å². The van der Waals surface area contributed by atoms with Crippen molar-refractivity contribution in [2.45, 2.75) is 38.4 Å². The first-order valence-electron chi connectivity index (χ1n) is 6.97. The van der Waals surface area contributed by atoms with Gasteiger partial charge in [-0.3, -0.25) is 0 Å². The van der Waals surface area contributed by atoms with Crippen LogP contribution in [0, 0.1) is 13.8 Å². The van der Waals surface area contributed by atoms with Gasteiger partial charge in [-0.15, -0.1) is 0 Å². The summed E-state index contributed by atoms with van der Waals surface area (Å²) in [5, 5.41) is 4.52. The summed E-state index contributed by atoms with van der Waals surface area (Å²) in [6, 6.07) is 4.07. The number of benzene rings is 1. The van der Waals surface area contributed by atoms with E-state index in [1.54, 1.807) is 0 Å². The zero-order valence-corrected chi connectivity index (χ0v) is 12.7. The third-order valence-electron chi connectivity index (χ3n) is 3.67. The van der Waals surface area contributed by atoms with Gasteiger partial charge >= 0.3 is 0 Å². The molecule has 20 heavy (non-hydrogen) atoms. The Morgan fingerprint density at radius 1 is 1.30 bits per heavy atom. The molecule has 0 amide bonds. The van der Waals surface area contributed by atoms with Crippen molar-refractivity contribution in [2.24, 2.45) is 0 Å². The summed E-state index contributed by atoms with van der Waals surface area (Å²) in [6.45, 7) is 4.05. The fourth-order valence-electron chi connectivity index (χ4n) is 2.58. The van der Waals surface area contributed by atoms with Gasteiger partial charge in [0.15, 0.2) is 5.82 Å². The Kier molecular flexibility index (Phi) is 3.70. The summed E-state index contributed by atoms with van der Waals surface area (Å²) in [7, 11) is 0. The minimum absolute atomic E-state index is 0.369. The third kappa shape index (κ3) is 2.54. The molecule has 1 atom stereocenters. The lowest BCUT2D eigenvalue weighted by atomic mass is 10.0. The molecule has 1 aromatic carbocycles. The fourth-order valence-corrected chi connectivity index (χ4v) is 3.81. The van der Waals surface area contributed by atoms with Crippen LogP contribution in [-0.2, 0) is 0 Å². The van der Waals surface area contributed by atoms with Crippen LogP contribution in [0.15, 0.2) is 16.7 Å². The second-order valence-corrected chi connectivity index (χ2v) is 6.67. The van der Waals surface area contributed by atoms with Crippen LogP contribution < -0.4 is 5.73 Å². The van der Waals surface area contributed by atoms with E-state index in [1.165, 1.54) is 18.6 Å². The standard InChI is InChI=1S/C15H19N3OS/c1-9-7-10(2)13(16)11(8-9)15-17-14(18-19-15)12-5-3-4-6-20-12/h7-8,12H,3-6,16H2,1-2H3. The third-order valence-corrected chi connectivity index (χ3v) is 5.04. The van der Waals surface area contributed by atoms with Crippen LogP contribution in [-0.4, -0.2) is 15.9 Å². The maximum atomic E-state index is 6.14. The molecule has 1 aromatic heterocycles. The highest BCUT2D eigenvalue weighted by Crippen LogP contribution is 2.38. The minimum Gasteiger partial charge on any atom is -0.398 e. The van der Waals surface area contributed by atoms with Gasteiger partial charge in [-0.1, -0.05) is 17.6 Å². The van der Waals surface area contributed by atoms with Gasteiger partial charge in [0.1, 0.15) is 0 Å². The maximum Gasteiger partial charge on any atom is 0.260 e. The van der Waals surface area contributed by atoms with E-state index in [0.717, 1.165) is 34.6 Å². The lowest BCUT2D eigenvalue weighted by Crippen LogP contribution is -2.03. The van der Waals surface area contributed by atoms with Crippen molar-refractivity contribution >= 4 is 17.4 Å². The van der Waals surface area contributed by atoms with Crippen molar-refractivity contribution in [1.82, 2.24) is 10.1 Å². The van der Waals surface area contributed by atoms with Gasteiger partial charge in [-0.05, 0) is 49.6 Å². The van der Waals surface area contributed by atoms with E-state index in [2.05, 4.69) is 16.2 Å². The average molecular weight is 289 g/mol. The summed E-state index contributed by atoms with van der Waals surface area (Å²) in [6.07, 6.45) is 3.66. The lowest BCUT2D eigenvalue weighted by molar-refractivity contribution is 0.420. The lowest BCUT2D eigenvalue weighted by Gasteiger charge is -2.17. The van der Waals surface area contributed by atoms with Crippen molar-refractivity contribution in [3.05, 3.63) is 29.1 Å². The number of aromatic nitrogens is 2. The van der Waals surface area contributed by atoms with E-state index in [9.17, 15) is 0 Å². The van der Waals surface area contributed by atoms with Gasteiger partial charge in [0, 0.05) is 5.69 Å². The Hall–Kier alpha value is -1.49. The Morgan fingerprint density at radius 2 is 2.15 bits per heavy atom. The molecule has 2 aromatic rings. The van der Waals surface area contributed by atoms with E-state index < -0.39 is 0 Å². The molecule has 1 unspecified atom stereocenters. The van der Waals surface area contributed by atoms with Crippen molar-refractivity contribution in [3.8, 4) is 11.5 Å². The van der Waals surface area contributed by atoms with Gasteiger partial charge in [0.25, 0.3) is 5.89 Å². The Morgan fingerprint density at radius 3 is 2.90 bits per heavy atom. The van der Waals surface area contributed by atoms with Gasteiger partial charge in [0.05, 0.1) is 10.8 Å². The number of hydrogen-bond donors (Lipinski definition) is 1. The molecule has 106 valence electrons. The van der Waals surface area contributed by atoms with Crippen molar-refractivity contribution < 1.29 is 4.52 Å². The molecule has 1 aliphatic rings. The van der Waals surface area contributed by atoms with Crippen LogP contribution in [0.2, 0.25) is 0 Å². The van der Waals surface area contributed by atoms with Gasteiger partial charge in [-0.25, -0.2) is 0 Å². The van der Waals surface area contributed by atoms with E-state index in [4.69, 9.17) is 10.3 Å². The highest BCUT2D eigenvalue weighted by molar-refractivity contribution is 7.99. The monoisotopic (exact) mass is 289 g/mol. The molecule has 1 fully saturated rings. The van der Waals surface area contributed by atoms with E-state index in [0.29, 0.717) is 11.1 Å². The van der Waals surface area contributed by atoms with E-state index in [-0.39, 0.29) is 0 Å². The molecule has 0 aliphatic carbocycles. The molecule has 1 aliphatic heterocycles. The molecule has 2 N–H and O–H groups in total. The van der Waals surface area contributed by atoms with Gasteiger partial charge in [-0.2, -0.15) is 16.7 Å². The van der Waals surface area contributed by atoms with Crippen LogP contribution in [0.25, 0.3) is 11.5 Å². The SMILES string of the molecule is Cc1cc(C)c(N)c(-c2nc(C3CCCCS3)no2)c1. The number of hydrogen-bond acceptors (Lipinski definition) is 5. The summed E-state index contributed by atoms with van der Waals surface area (Å²) >= 11 is 1.92. The number of nitrogens with zero attached hydrogens (tertiary/aromatic N) is 2. The van der Waals surface area contributed by atoms with E-state index >= 15 is 0 Å². The van der Waals surface area contributed by atoms with Crippen molar-refractivity contribution in [2.75, 3.05) is 11.5 Å². The first kappa shape index (κ1) is 13.5. The second-order valence-electron chi connectivity index (χ2n) is 5.36. The zero-order valence-electron chi connectivity index (χ0n) is 11.8. The first-order valence-corrected chi connectivity index (χ1v) is 8.02. The normalized spacial score (nSPS) is 19.2. The Bertz CT molecular complexity index is 618. The molecule has 0 radical (unpaired) electrons.